The molecule has 1 saturated heterocycles. The van der Waals surface area contributed by atoms with Crippen LogP contribution in [0, 0.1) is 0 Å². The molecule has 1 aliphatic rings. The van der Waals surface area contributed by atoms with E-state index in [1.165, 1.54) is 11.0 Å². The lowest BCUT2D eigenvalue weighted by Gasteiger charge is -2.32. The number of piperazine rings is 1. The van der Waals surface area contributed by atoms with E-state index in [4.69, 9.17) is 0 Å². The molecule has 1 aromatic carbocycles. The van der Waals surface area contributed by atoms with Gasteiger partial charge in [-0.15, -0.1) is 0 Å². The number of nitrogens with zero attached hydrogens (tertiary/aromatic N) is 1. The molecule has 0 radical (unpaired) electrons. The van der Waals surface area contributed by atoms with E-state index in [-0.39, 0.29) is 12.5 Å². The van der Waals surface area contributed by atoms with E-state index in [0.717, 1.165) is 10.0 Å². The molecule has 0 saturated carbocycles. The van der Waals surface area contributed by atoms with Gasteiger partial charge in [0.2, 0.25) is 17.7 Å². The van der Waals surface area contributed by atoms with Crippen LogP contribution >= 0.6 is 15.9 Å². The second-order valence-corrected chi connectivity index (χ2v) is 5.60. The zero-order valence-corrected chi connectivity index (χ0v) is 13.1. The van der Waals surface area contributed by atoms with Gasteiger partial charge in [0.1, 0.15) is 12.6 Å². The van der Waals surface area contributed by atoms with E-state index in [0.29, 0.717) is 6.42 Å². The molecule has 1 atom stereocenters. The van der Waals surface area contributed by atoms with Crippen LogP contribution in [-0.2, 0) is 14.4 Å². The molecule has 1 N–H and O–H groups in total. The minimum absolute atomic E-state index is 0.0895. The number of benzene rings is 1. The monoisotopic (exact) mass is 350 g/mol. The van der Waals surface area contributed by atoms with Crippen LogP contribution in [0.5, 0.6) is 0 Å². The maximum atomic E-state index is 12.2. The van der Waals surface area contributed by atoms with Crippen molar-refractivity contribution in [2.24, 2.45) is 0 Å². The third kappa shape index (κ3) is 3.78. The molecule has 1 aliphatic heterocycles. The van der Waals surface area contributed by atoms with Gasteiger partial charge in [-0.05, 0) is 30.2 Å². The van der Waals surface area contributed by atoms with Crippen LogP contribution in [0.4, 0.5) is 0 Å². The molecule has 21 heavy (non-hydrogen) atoms. The highest BCUT2D eigenvalue weighted by molar-refractivity contribution is 9.10. The zero-order valence-electron chi connectivity index (χ0n) is 11.5. The van der Waals surface area contributed by atoms with Crippen LogP contribution in [0.3, 0.4) is 0 Å². The van der Waals surface area contributed by atoms with Crippen LogP contribution in [0.1, 0.15) is 18.9 Å². The molecule has 0 spiro atoms. The maximum Gasteiger partial charge on any atom is 0.249 e. The molecule has 1 unspecified atom stereocenters. The number of hydrogen-bond acceptors (Lipinski definition) is 3. The number of halogens is 1. The van der Waals surface area contributed by atoms with Gasteiger partial charge in [0.25, 0.3) is 0 Å². The molecule has 1 fully saturated rings. The van der Waals surface area contributed by atoms with E-state index in [1.54, 1.807) is 13.0 Å². The van der Waals surface area contributed by atoms with Crippen molar-refractivity contribution in [1.82, 2.24) is 10.2 Å². The molecular formula is C15H15BrN2O3. The molecule has 110 valence electrons. The van der Waals surface area contributed by atoms with Gasteiger partial charge >= 0.3 is 0 Å². The van der Waals surface area contributed by atoms with Gasteiger partial charge < -0.3 is 4.90 Å². The van der Waals surface area contributed by atoms with Crippen molar-refractivity contribution >= 4 is 39.7 Å². The van der Waals surface area contributed by atoms with Crippen LogP contribution in [-0.4, -0.2) is 35.2 Å². The normalized spacial score (nSPS) is 19.0. The summed E-state index contributed by atoms with van der Waals surface area (Å²) in [5.41, 5.74) is 0.868. The Morgan fingerprint density at radius 2 is 2.05 bits per heavy atom. The van der Waals surface area contributed by atoms with Crippen LogP contribution < -0.4 is 5.32 Å². The quantitative estimate of drug-likeness (QED) is 0.666. The smallest absolute Gasteiger partial charge is 0.249 e. The fraction of sp³-hybridized carbons (Fsp3) is 0.267. The molecule has 1 aromatic rings. The average molecular weight is 351 g/mol. The van der Waals surface area contributed by atoms with Crippen molar-refractivity contribution < 1.29 is 14.4 Å². The first-order valence-corrected chi connectivity index (χ1v) is 7.38. The SMILES string of the molecule is CCC1C(=O)NC(=O)CN1C(=O)C=Cc1ccc(Br)cc1. The van der Waals surface area contributed by atoms with Gasteiger partial charge in [-0.2, -0.15) is 0 Å². The van der Waals surface area contributed by atoms with Crippen LogP contribution in [0.15, 0.2) is 34.8 Å². The van der Waals surface area contributed by atoms with Gasteiger partial charge in [-0.3, -0.25) is 19.7 Å². The summed E-state index contributed by atoms with van der Waals surface area (Å²) in [5, 5.41) is 2.24. The molecule has 3 amide bonds. The minimum atomic E-state index is -0.593. The predicted molar refractivity (Wildman–Crippen MR) is 82.1 cm³/mol. The largest absolute Gasteiger partial charge is 0.318 e. The molecule has 2 rings (SSSR count). The second-order valence-electron chi connectivity index (χ2n) is 4.69. The van der Waals surface area contributed by atoms with Crippen molar-refractivity contribution in [3.8, 4) is 0 Å². The maximum absolute atomic E-state index is 12.2. The van der Waals surface area contributed by atoms with E-state index in [9.17, 15) is 14.4 Å². The number of imide groups is 1. The van der Waals surface area contributed by atoms with Crippen LogP contribution in [0.2, 0.25) is 0 Å². The molecule has 0 bridgehead atoms. The topological polar surface area (TPSA) is 66.5 Å². The zero-order chi connectivity index (χ0) is 15.4. The lowest BCUT2D eigenvalue weighted by molar-refractivity contribution is -0.147. The van der Waals surface area contributed by atoms with E-state index < -0.39 is 17.9 Å². The number of hydrogen-bond donors (Lipinski definition) is 1. The summed E-state index contributed by atoms with van der Waals surface area (Å²) in [6, 6.07) is 6.87. The Kier molecular flexibility index (Phi) is 4.90. The minimum Gasteiger partial charge on any atom is -0.318 e. The highest BCUT2D eigenvalue weighted by atomic mass is 79.9. The van der Waals surface area contributed by atoms with Gasteiger partial charge in [-0.25, -0.2) is 0 Å². The number of rotatable bonds is 3. The number of amides is 3. The summed E-state index contributed by atoms with van der Waals surface area (Å²) >= 11 is 3.34. The van der Waals surface area contributed by atoms with Gasteiger partial charge in [-0.1, -0.05) is 35.0 Å². The molecular weight excluding hydrogens is 336 g/mol. The highest BCUT2D eigenvalue weighted by Gasteiger charge is 2.34. The molecule has 5 nitrogen and oxygen atoms in total. The summed E-state index contributed by atoms with van der Waals surface area (Å²) < 4.78 is 0.954. The van der Waals surface area contributed by atoms with Crippen LogP contribution in [0.25, 0.3) is 6.08 Å². The number of carbonyl (C=O) groups excluding carboxylic acids is 3. The predicted octanol–water partition coefficient (Wildman–Crippen LogP) is 1.73. The third-order valence-corrected chi connectivity index (χ3v) is 3.74. The Bertz CT molecular complexity index is 595. The van der Waals surface area contributed by atoms with E-state index in [2.05, 4.69) is 21.2 Å². The van der Waals surface area contributed by atoms with Crippen molar-refractivity contribution in [3.63, 3.8) is 0 Å². The summed E-state index contributed by atoms with van der Waals surface area (Å²) in [6.07, 6.45) is 3.52. The van der Waals surface area contributed by atoms with E-state index >= 15 is 0 Å². The van der Waals surface area contributed by atoms with Crippen molar-refractivity contribution in [2.75, 3.05) is 6.54 Å². The molecule has 0 aromatic heterocycles. The Morgan fingerprint density at radius 3 is 2.67 bits per heavy atom. The average Bonchev–Trinajstić information content (AvgIpc) is 2.45. The summed E-state index contributed by atoms with van der Waals surface area (Å²) in [5.74, 6) is -1.21. The molecule has 6 heteroatoms. The first kappa shape index (κ1) is 15.4. The lowest BCUT2D eigenvalue weighted by Crippen LogP contribution is -2.59. The van der Waals surface area contributed by atoms with Crippen molar-refractivity contribution in [2.45, 2.75) is 19.4 Å². The third-order valence-electron chi connectivity index (χ3n) is 3.21. The fourth-order valence-corrected chi connectivity index (χ4v) is 2.41. The first-order chi connectivity index (χ1) is 10.0. The number of nitrogens with one attached hydrogen (secondary N) is 1. The van der Waals surface area contributed by atoms with Gasteiger partial charge in [0.15, 0.2) is 0 Å². The Balaban J connectivity index is 2.12. The summed E-state index contributed by atoms with van der Waals surface area (Å²) in [4.78, 5) is 36.6. The van der Waals surface area contributed by atoms with Gasteiger partial charge in [0.05, 0.1) is 0 Å². The number of carbonyl (C=O) groups is 3. The van der Waals surface area contributed by atoms with Gasteiger partial charge in [0, 0.05) is 10.5 Å². The summed E-state index contributed by atoms with van der Waals surface area (Å²) in [6.45, 7) is 1.71. The van der Waals surface area contributed by atoms with Crippen molar-refractivity contribution in [3.05, 3.63) is 40.4 Å². The standard InChI is InChI=1S/C15H15BrN2O3/c1-2-12-15(21)17-13(19)9-18(12)14(20)8-5-10-3-6-11(16)7-4-10/h3-8,12H,2,9H2,1H3,(H,17,19,21). The lowest BCUT2D eigenvalue weighted by atomic mass is 10.1. The Morgan fingerprint density at radius 1 is 1.38 bits per heavy atom. The van der Waals surface area contributed by atoms with E-state index in [1.807, 2.05) is 24.3 Å². The first-order valence-electron chi connectivity index (χ1n) is 6.59. The second kappa shape index (κ2) is 6.67. The Labute approximate surface area is 131 Å². The highest BCUT2D eigenvalue weighted by Crippen LogP contribution is 2.13. The Hall–Kier alpha value is -1.95. The molecule has 0 aliphatic carbocycles. The molecule has 1 heterocycles. The van der Waals surface area contributed by atoms with Crippen molar-refractivity contribution in [1.29, 1.82) is 0 Å². The fourth-order valence-electron chi connectivity index (χ4n) is 2.14. The summed E-state index contributed by atoms with van der Waals surface area (Å²) in [7, 11) is 0.